The molecule has 0 unspecified atom stereocenters. The van der Waals surface area contributed by atoms with Crippen molar-refractivity contribution in [3.05, 3.63) is 22.5 Å². The number of hydrogen-bond donors (Lipinski definition) is 3. The lowest BCUT2D eigenvalue weighted by Gasteiger charge is -1.94. The minimum absolute atomic E-state index is 0. The fourth-order valence-electron chi connectivity index (χ4n) is 0.861. The number of hydrogen-bond acceptors (Lipinski definition) is 7. The molecule has 0 radical (unpaired) electrons. The fraction of sp³-hybridized carbons (Fsp3) is 0.200. The normalized spacial score (nSPS) is 9.20. The first-order valence-electron chi connectivity index (χ1n) is 4.63. The van der Waals surface area contributed by atoms with Crippen molar-refractivity contribution in [1.29, 1.82) is 10.5 Å². The predicted octanol–water partition coefficient (Wildman–Crippen LogP) is -0.715. The molecule has 10 heteroatoms. The number of nitrogens with zero attached hydrogens (tertiary/aromatic N) is 3. The summed E-state index contributed by atoms with van der Waals surface area (Å²) in [6, 6.07) is 3.76. The number of nitrogens with two attached hydrogens (primary N) is 3. The van der Waals surface area contributed by atoms with Crippen LogP contribution in [0.5, 0.6) is 0 Å². The van der Waals surface area contributed by atoms with E-state index in [-0.39, 0.29) is 21.5 Å². The van der Waals surface area contributed by atoms with Gasteiger partial charge in [0.15, 0.2) is 0 Å². The Balaban J connectivity index is -0.000000263. The molecule has 1 aromatic rings. The number of rotatable bonds is 1. The van der Waals surface area contributed by atoms with Gasteiger partial charge in [-0.15, -0.1) is 0 Å². The molecule has 8 nitrogen and oxygen atoms in total. The topological polar surface area (TPSA) is 202 Å². The van der Waals surface area contributed by atoms with Gasteiger partial charge in [0.05, 0.1) is 5.69 Å². The number of nitriles is 2. The van der Waals surface area contributed by atoms with Gasteiger partial charge >= 0.3 is 0 Å². The summed E-state index contributed by atoms with van der Waals surface area (Å²) in [6.07, 6.45) is 0. The predicted molar refractivity (Wildman–Crippen MR) is 82.5 cm³/mol. The second-order valence-corrected chi connectivity index (χ2v) is 4.40. The molecule has 0 fully saturated rings. The van der Waals surface area contributed by atoms with Gasteiger partial charge < -0.3 is 28.2 Å². The summed E-state index contributed by atoms with van der Waals surface area (Å²) in [6.45, 7) is 3.35. The van der Waals surface area contributed by atoms with Gasteiger partial charge in [0, 0.05) is 5.70 Å². The molecule has 0 atom stereocenters. The van der Waals surface area contributed by atoms with Gasteiger partial charge in [-0.1, -0.05) is 12.2 Å². The van der Waals surface area contributed by atoms with Gasteiger partial charge in [0.2, 0.25) is 0 Å². The van der Waals surface area contributed by atoms with Crippen molar-refractivity contribution in [2.24, 2.45) is 11.5 Å². The molecule has 1 rings (SSSR count). The molecule has 1 aromatic heterocycles. The van der Waals surface area contributed by atoms with Crippen LogP contribution in [0.25, 0.3) is 0 Å². The molecule has 0 amide bonds. The minimum atomic E-state index is 0. The van der Waals surface area contributed by atoms with Crippen LogP contribution in [0.15, 0.2) is 11.3 Å². The highest BCUT2D eigenvalue weighted by atomic mass is 32.1. The maximum absolute atomic E-state index is 8.42. The Bertz CT molecular complexity index is 544. The molecule has 10 N–H and O–H groups in total. The van der Waals surface area contributed by atoms with E-state index in [1.807, 2.05) is 6.07 Å². The highest BCUT2D eigenvalue weighted by Gasteiger charge is 2.04. The molecule has 0 bridgehead atoms. The Kier molecular flexibility index (Phi) is 12.2. The Labute approximate surface area is 125 Å². The lowest BCUT2D eigenvalue weighted by molar-refractivity contribution is 0.823. The SMILES string of the molecule is C/C(N)=C(\C#N)C(N)=S.Cc1nsc(N)c1C#N.O.O. The molecular weight excluding hydrogens is 300 g/mol. The van der Waals surface area contributed by atoms with Gasteiger partial charge in [0.1, 0.15) is 33.3 Å². The van der Waals surface area contributed by atoms with Crippen LogP contribution in [0.4, 0.5) is 5.00 Å². The number of aromatic nitrogens is 1. The van der Waals surface area contributed by atoms with Crippen molar-refractivity contribution in [3.8, 4) is 12.1 Å². The highest BCUT2D eigenvalue weighted by molar-refractivity contribution is 7.80. The van der Waals surface area contributed by atoms with Gasteiger partial charge in [0.25, 0.3) is 0 Å². The van der Waals surface area contributed by atoms with Crippen LogP contribution in [0, 0.1) is 29.6 Å². The molecule has 0 aliphatic heterocycles. The molecular formula is C10H16N6O2S2. The Hall–Kier alpha value is -2.24. The van der Waals surface area contributed by atoms with E-state index in [9.17, 15) is 0 Å². The van der Waals surface area contributed by atoms with Crippen LogP contribution in [-0.4, -0.2) is 20.3 Å². The molecule has 110 valence electrons. The van der Waals surface area contributed by atoms with E-state index in [2.05, 4.69) is 16.6 Å². The first-order chi connectivity index (χ1) is 8.34. The summed E-state index contributed by atoms with van der Waals surface area (Å²) in [5, 5.41) is 17.2. The van der Waals surface area contributed by atoms with Crippen molar-refractivity contribution < 1.29 is 11.0 Å². The van der Waals surface area contributed by atoms with Crippen molar-refractivity contribution >= 4 is 33.7 Å². The van der Waals surface area contributed by atoms with Crippen molar-refractivity contribution in [3.63, 3.8) is 0 Å². The third-order valence-corrected chi connectivity index (χ3v) is 2.72. The van der Waals surface area contributed by atoms with E-state index in [1.54, 1.807) is 19.9 Å². The largest absolute Gasteiger partial charge is 0.412 e. The third-order valence-electron chi connectivity index (χ3n) is 1.75. The lowest BCUT2D eigenvalue weighted by atomic mass is 10.2. The number of nitrogen functional groups attached to an aromatic ring is 1. The highest BCUT2D eigenvalue weighted by Crippen LogP contribution is 2.18. The summed E-state index contributed by atoms with van der Waals surface area (Å²) in [5.74, 6) is 0. The first kappa shape index (κ1) is 22.9. The van der Waals surface area contributed by atoms with Crippen molar-refractivity contribution in [2.45, 2.75) is 13.8 Å². The van der Waals surface area contributed by atoms with Crippen LogP contribution < -0.4 is 17.2 Å². The van der Waals surface area contributed by atoms with E-state index in [4.69, 9.17) is 27.7 Å². The molecule has 0 saturated carbocycles. The molecule has 20 heavy (non-hydrogen) atoms. The van der Waals surface area contributed by atoms with Crippen LogP contribution >= 0.6 is 23.8 Å². The molecule has 0 aliphatic rings. The van der Waals surface area contributed by atoms with Crippen molar-refractivity contribution in [1.82, 2.24) is 4.37 Å². The van der Waals surface area contributed by atoms with E-state index < -0.39 is 0 Å². The van der Waals surface area contributed by atoms with Crippen molar-refractivity contribution in [2.75, 3.05) is 5.73 Å². The summed E-state index contributed by atoms with van der Waals surface area (Å²) >= 11 is 5.67. The zero-order chi connectivity index (χ0) is 14.3. The monoisotopic (exact) mass is 316 g/mol. The molecule has 0 saturated heterocycles. The summed E-state index contributed by atoms with van der Waals surface area (Å²) in [7, 11) is 0. The number of anilines is 1. The smallest absolute Gasteiger partial charge is 0.125 e. The van der Waals surface area contributed by atoms with Gasteiger partial charge in [-0.05, 0) is 25.4 Å². The minimum Gasteiger partial charge on any atom is -0.412 e. The van der Waals surface area contributed by atoms with Crippen LogP contribution in [0.2, 0.25) is 0 Å². The Morgan fingerprint density at radius 2 is 1.80 bits per heavy atom. The van der Waals surface area contributed by atoms with Crippen LogP contribution in [-0.2, 0) is 0 Å². The van der Waals surface area contributed by atoms with E-state index in [0.29, 0.717) is 16.3 Å². The van der Waals surface area contributed by atoms with E-state index >= 15 is 0 Å². The first-order valence-corrected chi connectivity index (χ1v) is 5.81. The fourth-order valence-corrected chi connectivity index (χ4v) is 1.68. The third kappa shape index (κ3) is 6.63. The quantitative estimate of drug-likeness (QED) is 0.344. The van der Waals surface area contributed by atoms with E-state index in [1.165, 1.54) is 0 Å². The Morgan fingerprint density at radius 1 is 1.30 bits per heavy atom. The summed E-state index contributed by atoms with van der Waals surface area (Å²) < 4.78 is 3.88. The van der Waals surface area contributed by atoms with Gasteiger partial charge in [-0.3, -0.25) is 0 Å². The Morgan fingerprint density at radius 3 is 1.90 bits per heavy atom. The summed E-state index contributed by atoms with van der Waals surface area (Å²) in [5.41, 5.74) is 17.5. The second kappa shape index (κ2) is 10.7. The molecule has 0 aliphatic carbocycles. The lowest BCUT2D eigenvalue weighted by Crippen LogP contribution is -2.14. The van der Waals surface area contributed by atoms with Gasteiger partial charge in [-0.2, -0.15) is 14.9 Å². The average Bonchev–Trinajstić information content (AvgIpc) is 2.58. The number of aryl methyl sites for hydroxylation is 1. The second-order valence-electron chi connectivity index (χ2n) is 3.15. The molecule has 0 aromatic carbocycles. The molecule has 0 spiro atoms. The standard InChI is InChI=1S/C5H5N3S.C5H7N3S.2H2O/c1-3-4(2-6)5(7)9-8-3;1-3(7)4(2-6)5(8)9;;/h7H2,1H3;7H2,1H3,(H2,8,9);2*1H2/b;4-3-;;. The summed E-state index contributed by atoms with van der Waals surface area (Å²) in [4.78, 5) is 0.0532. The number of allylic oxidation sites excluding steroid dienone is 1. The zero-order valence-corrected chi connectivity index (χ0v) is 12.5. The zero-order valence-electron chi connectivity index (χ0n) is 10.9. The van der Waals surface area contributed by atoms with Crippen LogP contribution in [0.1, 0.15) is 18.2 Å². The average molecular weight is 316 g/mol. The molecule has 1 heterocycles. The van der Waals surface area contributed by atoms with Crippen LogP contribution in [0.3, 0.4) is 0 Å². The number of thiocarbonyl (C=S) groups is 1. The van der Waals surface area contributed by atoms with E-state index in [0.717, 1.165) is 17.2 Å². The van der Waals surface area contributed by atoms with Gasteiger partial charge in [-0.25, -0.2) is 0 Å². The maximum Gasteiger partial charge on any atom is 0.125 e. The maximum atomic E-state index is 8.42.